The highest BCUT2D eigenvalue weighted by molar-refractivity contribution is 9.10. The lowest BCUT2D eigenvalue weighted by Gasteiger charge is -2.02. The van der Waals surface area contributed by atoms with Crippen LogP contribution in [0.2, 0.25) is 0 Å². The summed E-state index contributed by atoms with van der Waals surface area (Å²) in [6.07, 6.45) is 0.426. The molecule has 2 N–H and O–H groups in total. The number of hydrogen-bond donors (Lipinski definition) is 1. The third-order valence-corrected chi connectivity index (χ3v) is 2.72. The largest absolute Gasteiger partial charge is 0.324 e. The van der Waals surface area contributed by atoms with Crippen LogP contribution in [0, 0.1) is 6.92 Å². The molecule has 1 aromatic rings. The third-order valence-electron chi connectivity index (χ3n) is 1.87. The van der Waals surface area contributed by atoms with Crippen LogP contribution in [-0.2, 0) is 11.2 Å². The van der Waals surface area contributed by atoms with Gasteiger partial charge in [0.05, 0.1) is 6.54 Å². The average Bonchev–Trinajstić information content (AvgIpc) is 2.11. The number of rotatable bonds is 3. The highest BCUT2D eigenvalue weighted by Gasteiger charge is 2.02. The van der Waals surface area contributed by atoms with Crippen molar-refractivity contribution in [1.29, 1.82) is 0 Å². The lowest BCUT2D eigenvalue weighted by atomic mass is 10.1. The van der Waals surface area contributed by atoms with Crippen molar-refractivity contribution in [2.75, 3.05) is 6.54 Å². The minimum absolute atomic E-state index is 0.0655. The van der Waals surface area contributed by atoms with Crippen molar-refractivity contribution in [1.82, 2.24) is 0 Å². The second-order valence-electron chi connectivity index (χ2n) is 3.00. The maximum absolute atomic E-state index is 11.0. The van der Waals surface area contributed by atoms with E-state index in [0.717, 1.165) is 10.0 Å². The zero-order valence-corrected chi connectivity index (χ0v) is 9.10. The second kappa shape index (κ2) is 4.53. The molecule has 0 unspecified atom stereocenters. The predicted molar refractivity (Wildman–Crippen MR) is 56.6 cm³/mol. The molecular formula is C10H12BrNO. The highest BCUT2D eigenvalue weighted by Crippen LogP contribution is 2.17. The molecule has 0 fully saturated rings. The molecule has 0 aliphatic carbocycles. The summed E-state index contributed by atoms with van der Waals surface area (Å²) in [7, 11) is 0. The van der Waals surface area contributed by atoms with Crippen LogP contribution < -0.4 is 5.73 Å². The van der Waals surface area contributed by atoms with Gasteiger partial charge in [0, 0.05) is 10.9 Å². The SMILES string of the molecule is Cc1ccc(CC(=O)CN)cc1Br. The van der Waals surface area contributed by atoms with E-state index in [4.69, 9.17) is 5.73 Å². The van der Waals surface area contributed by atoms with E-state index in [1.165, 1.54) is 5.56 Å². The molecule has 2 nitrogen and oxygen atoms in total. The van der Waals surface area contributed by atoms with Crippen molar-refractivity contribution in [3.63, 3.8) is 0 Å². The molecule has 0 saturated carbocycles. The van der Waals surface area contributed by atoms with Crippen molar-refractivity contribution in [3.05, 3.63) is 33.8 Å². The zero-order chi connectivity index (χ0) is 9.84. The molecule has 0 amide bonds. The molecule has 0 atom stereocenters. The molecule has 1 rings (SSSR count). The fourth-order valence-electron chi connectivity index (χ4n) is 1.05. The third kappa shape index (κ3) is 2.94. The van der Waals surface area contributed by atoms with E-state index < -0.39 is 0 Å². The van der Waals surface area contributed by atoms with Crippen LogP contribution in [0.1, 0.15) is 11.1 Å². The Morgan fingerprint density at radius 3 is 2.77 bits per heavy atom. The molecule has 1 aromatic carbocycles. The molecule has 0 spiro atoms. The Hall–Kier alpha value is -0.670. The van der Waals surface area contributed by atoms with E-state index >= 15 is 0 Å². The Labute approximate surface area is 86.3 Å². The van der Waals surface area contributed by atoms with Crippen molar-refractivity contribution >= 4 is 21.7 Å². The lowest BCUT2D eigenvalue weighted by Crippen LogP contribution is -2.15. The summed E-state index contributed by atoms with van der Waals surface area (Å²) in [5.41, 5.74) is 7.40. The van der Waals surface area contributed by atoms with Crippen molar-refractivity contribution in [3.8, 4) is 0 Å². The first kappa shape index (κ1) is 10.4. The van der Waals surface area contributed by atoms with Crippen LogP contribution in [0.4, 0.5) is 0 Å². The number of carbonyl (C=O) groups is 1. The Kier molecular flexibility index (Phi) is 3.63. The van der Waals surface area contributed by atoms with Gasteiger partial charge in [0.15, 0.2) is 5.78 Å². The number of Topliss-reactive ketones (excluding diaryl/α,β-unsaturated/α-hetero) is 1. The maximum atomic E-state index is 11.0. The van der Waals surface area contributed by atoms with Gasteiger partial charge < -0.3 is 5.73 Å². The minimum atomic E-state index is 0.0655. The van der Waals surface area contributed by atoms with Crippen LogP contribution >= 0.6 is 15.9 Å². The standard InChI is InChI=1S/C10H12BrNO/c1-7-2-3-8(5-10(7)11)4-9(13)6-12/h2-3,5H,4,6,12H2,1H3. The Morgan fingerprint density at radius 2 is 2.23 bits per heavy atom. The van der Waals surface area contributed by atoms with Crippen LogP contribution in [0.15, 0.2) is 22.7 Å². The van der Waals surface area contributed by atoms with Gasteiger partial charge in [0.25, 0.3) is 0 Å². The van der Waals surface area contributed by atoms with Gasteiger partial charge in [0.1, 0.15) is 0 Å². The first-order valence-corrected chi connectivity index (χ1v) is 4.89. The van der Waals surface area contributed by atoms with Gasteiger partial charge in [-0.1, -0.05) is 28.1 Å². The Balaban J connectivity index is 2.79. The van der Waals surface area contributed by atoms with Gasteiger partial charge in [-0.05, 0) is 24.1 Å². The summed E-state index contributed by atoms with van der Waals surface area (Å²) in [6, 6.07) is 5.90. The van der Waals surface area contributed by atoms with Gasteiger partial charge in [0.2, 0.25) is 0 Å². The van der Waals surface area contributed by atoms with Crippen molar-refractivity contribution < 1.29 is 4.79 Å². The number of ketones is 1. The lowest BCUT2D eigenvalue weighted by molar-refractivity contribution is -0.117. The predicted octanol–water partition coefficient (Wildman–Crippen LogP) is 1.83. The molecular weight excluding hydrogens is 230 g/mol. The quantitative estimate of drug-likeness (QED) is 0.878. The Morgan fingerprint density at radius 1 is 1.54 bits per heavy atom. The smallest absolute Gasteiger partial charge is 0.150 e. The second-order valence-corrected chi connectivity index (χ2v) is 3.86. The van der Waals surface area contributed by atoms with E-state index in [0.29, 0.717) is 6.42 Å². The summed E-state index contributed by atoms with van der Waals surface area (Å²) in [5, 5.41) is 0. The molecule has 0 saturated heterocycles. The van der Waals surface area contributed by atoms with Gasteiger partial charge in [-0.25, -0.2) is 0 Å². The summed E-state index contributed by atoms with van der Waals surface area (Å²) in [6.45, 7) is 2.13. The minimum Gasteiger partial charge on any atom is -0.324 e. The van der Waals surface area contributed by atoms with E-state index in [1.807, 2.05) is 25.1 Å². The first-order valence-electron chi connectivity index (χ1n) is 4.10. The number of halogens is 1. The van der Waals surface area contributed by atoms with Gasteiger partial charge in [-0.3, -0.25) is 4.79 Å². The highest BCUT2D eigenvalue weighted by atomic mass is 79.9. The van der Waals surface area contributed by atoms with Crippen LogP contribution in [0.5, 0.6) is 0 Å². The molecule has 70 valence electrons. The fourth-order valence-corrected chi connectivity index (χ4v) is 1.47. The van der Waals surface area contributed by atoms with E-state index in [-0.39, 0.29) is 12.3 Å². The molecule has 0 aliphatic rings. The number of aryl methyl sites for hydroxylation is 1. The maximum Gasteiger partial charge on any atom is 0.150 e. The summed E-state index contributed by atoms with van der Waals surface area (Å²) in [5.74, 6) is 0.0655. The van der Waals surface area contributed by atoms with Crippen LogP contribution in [-0.4, -0.2) is 12.3 Å². The topological polar surface area (TPSA) is 43.1 Å². The molecule has 3 heteroatoms. The zero-order valence-electron chi connectivity index (χ0n) is 7.51. The summed E-state index contributed by atoms with van der Waals surface area (Å²) >= 11 is 3.42. The van der Waals surface area contributed by atoms with E-state index in [2.05, 4.69) is 15.9 Å². The first-order chi connectivity index (χ1) is 6.13. The fraction of sp³-hybridized carbons (Fsp3) is 0.300. The molecule has 0 heterocycles. The molecule has 13 heavy (non-hydrogen) atoms. The molecule has 0 aliphatic heterocycles. The van der Waals surface area contributed by atoms with Crippen LogP contribution in [0.25, 0.3) is 0 Å². The van der Waals surface area contributed by atoms with Gasteiger partial charge in [-0.15, -0.1) is 0 Å². The average molecular weight is 242 g/mol. The molecule has 0 bridgehead atoms. The van der Waals surface area contributed by atoms with Gasteiger partial charge >= 0.3 is 0 Å². The Bertz CT molecular complexity index is 323. The number of benzene rings is 1. The molecule has 0 aromatic heterocycles. The van der Waals surface area contributed by atoms with Crippen molar-refractivity contribution in [2.45, 2.75) is 13.3 Å². The number of nitrogens with two attached hydrogens (primary N) is 1. The number of hydrogen-bond acceptors (Lipinski definition) is 2. The normalized spacial score (nSPS) is 10.1. The van der Waals surface area contributed by atoms with E-state index in [1.54, 1.807) is 0 Å². The monoisotopic (exact) mass is 241 g/mol. The number of carbonyl (C=O) groups excluding carboxylic acids is 1. The summed E-state index contributed by atoms with van der Waals surface area (Å²) < 4.78 is 1.04. The molecule has 0 radical (unpaired) electrons. The van der Waals surface area contributed by atoms with Crippen molar-refractivity contribution in [2.24, 2.45) is 5.73 Å². The van der Waals surface area contributed by atoms with E-state index in [9.17, 15) is 4.79 Å². The van der Waals surface area contributed by atoms with Gasteiger partial charge in [-0.2, -0.15) is 0 Å². The van der Waals surface area contributed by atoms with Crippen LogP contribution in [0.3, 0.4) is 0 Å². The summed E-state index contributed by atoms with van der Waals surface area (Å²) in [4.78, 5) is 11.0.